The van der Waals surface area contributed by atoms with Crippen LogP contribution in [0.2, 0.25) is 0 Å². The average Bonchev–Trinajstić information content (AvgIpc) is 2.74. The lowest BCUT2D eigenvalue weighted by Gasteiger charge is -2.15. The Kier molecular flexibility index (Phi) is 3.57. The van der Waals surface area contributed by atoms with Crippen LogP contribution >= 0.6 is 0 Å². The summed E-state index contributed by atoms with van der Waals surface area (Å²) in [6, 6.07) is 10.3. The zero-order valence-electron chi connectivity index (χ0n) is 9.43. The van der Waals surface area contributed by atoms with Gasteiger partial charge in [-0.15, -0.1) is 0 Å². The fraction of sp³-hybridized carbons (Fsp3) is 0.462. The molecule has 1 aromatic carbocycles. The summed E-state index contributed by atoms with van der Waals surface area (Å²) in [7, 11) is 0. The third-order valence-electron chi connectivity index (χ3n) is 3.05. The largest absolute Gasteiger partial charge is 0.341 e. The van der Waals surface area contributed by atoms with E-state index >= 15 is 0 Å². The summed E-state index contributed by atoms with van der Waals surface area (Å²) in [6.45, 7) is 1.56. The van der Waals surface area contributed by atoms with Gasteiger partial charge in [0.1, 0.15) is 0 Å². The van der Waals surface area contributed by atoms with Gasteiger partial charge in [0.15, 0.2) is 0 Å². The van der Waals surface area contributed by atoms with Gasteiger partial charge in [-0.2, -0.15) is 0 Å². The number of aryl methyl sites for hydroxylation is 1. The van der Waals surface area contributed by atoms with Crippen molar-refractivity contribution in [1.29, 1.82) is 0 Å². The van der Waals surface area contributed by atoms with E-state index in [9.17, 15) is 4.79 Å². The monoisotopic (exact) mass is 218 g/mol. The molecule has 0 radical (unpaired) electrons. The van der Waals surface area contributed by atoms with Gasteiger partial charge in [-0.1, -0.05) is 30.3 Å². The molecule has 1 unspecified atom stereocenters. The first kappa shape index (κ1) is 11.1. The number of carbonyl (C=O) groups is 1. The van der Waals surface area contributed by atoms with Crippen LogP contribution in [0.3, 0.4) is 0 Å². The van der Waals surface area contributed by atoms with Crippen molar-refractivity contribution < 1.29 is 4.79 Å². The number of benzene rings is 1. The van der Waals surface area contributed by atoms with Gasteiger partial charge in [0.25, 0.3) is 0 Å². The van der Waals surface area contributed by atoms with Gasteiger partial charge in [0.05, 0.1) is 0 Å². The van der Waals surface area contributed by atoms with Crippen molar-refractivity contribution >= 4 is 5.91 Å². The summed E-state index contributed by atoms with van der Waals surface area (Å²) in [6.07, 6.45) is 2.36. The quantitative estimate of drug-likeness (QED) is 0.828. The van der Waals surface area contributed by atoms with Crippen LogP contribution in [-0.2, 0) is 11.2 Å². The molecular formula is C13H18N2O. The van der Waals surface area contributed by atoms with Crippen LogP contribution in [0.1, 0.15) is 18.4 Å². The van der Waals surface area contributed by atoms with Crippen molar-refractivity contribution in [3.05, 3.63) is 35.9 Å². The van der Waals surface area contributed by atoms with E-state index in [0.29, 0.717) is 6.42 Å². The minimum absolute atomic E-state index is 0.181. The second kappa shape index (κ2) is 5.12. The molecule has 2 rings (SSSR count). The first-order valence-corrected chi connectivity index (χ1v) is 5.83. The number of likely N-dealkylation sites (tertiary alicyclic amines) is 1. The van der Waals surface area contributed by atoms with Gasteiger partial charge in [-0.25, -0.2) is 0 Å². The Bertz CT molecular complexity index is 350. The molecule has 16 heavy (non-hydrogen) atoms. The molecule has 0 saturated carbocycles. The maximum Gasteiger partial charge on any atom is 0.222 e. The Morgan fingerprint density at radius 1 is 1.38 bits per heavy atom. The van der Waals surface area contributed by atoms with E-state index in [1.54, 1.807) is 0 Å². The number of nitrogens with two attached hydrogens (primary N) is 1. The van der Waals surface area contributed by atoms with Crippen molar-refractivity contribution in [1.82, 2.24) is 4.90 Å². The second-order valence-electron chi connectivity index (χ2n) is 4.37. The molecule has 1 aromatic rings. The van der Waals surface area contributed by atoms with Crippen molar-refractivity contribution in [2.75, 3.05) is 13.1 Å². The summed E-state index contributed by atoms with van der Waals surface area (Å²) < 4.78 is 0. The van der Waals surface area contributed by atoms with Gasteiger partial charge in [0.2, 0.25) is 5.91 Å². The molecule has 3 heteroatoms. The van der Waals surface area contributed by atoms with Crippen LogP contribution in [0.4, 0.5) is 0 Å². The average molecular weight is 218 g/mol. The van der Waals surface area contributed by atoms with Gasteiger partial charge in [-0.05, 0) is 18.4 Å². The minimum atomic E-state index is 0.181. The fourth-order valence-electron chi connectivity index (χ4n) is 2.07. The Labute approximate surface area is 96.2 Å². The highest BCUT2D eigenvalue weighted by Gasteiger charge is 2.22. The predicted molar refractivity (Wildman–Crippen MR) is 63.9 cm³/mol. The van der Waals surface area contributed by atoms with Gasteiger partial charge in [0, 0.05) is 25.6 Å². The number of hydrogen-bond donors (Lipinski definition) is 1. The number of amides is 1. The topological polar surface area (TPSA) is 46.3 Å². The van der Waals surface area contributed by atoms with Crippen LogP contribution in [0, 0.1) is 0 Å². The second-order valence-corrected chi connectivity index (χ2v) is 4.37. The van der Waals surface area contributed by atoms with Crippen LogP contribution in [0.15, 0.2) is 30.3 Å². The van der Waals surface area contributed by atoms with Crippen LogP contribution in [0.25, 0.3) is 0 Å². The molecule has 3 nitrogen and oxygen atoms in total. The summed E-state index contributed by atoms with van der Waals surface area (Å²) >= 11 is 0. The maximum atomic E-state index is 11.8. The third-order valence-corrected chi connectivity index (χ3v) is 3.05. The lowest BCUT2D eigenvalue weighted by atomic mass is 10.1. The Balaban J connectivity index is 1.80. The Hall–Kier alpha value is -1.35. The first-order chi connectivity index (χ1) is 7.75. The molecule has 0 bridgehead atoms. The predicted octanol–water partition coefficient (Wildman–Crippen LogP) is 1.18. The number of hydrogen-bond acceptors (Lipinski definition) is 2. The Morgan fingerprint density at radius 3 is 2.75 bits per heavy atom. The van der Waals surface area contributed by atoms with Crippen molar-refractivity contribution in [2.24, 2.45) is 5.73 Å². The van der Waals surface area contributed by atoms with Gasteiger partial charge >= 0.3 is 0 Å². The molecule has 1 atom stereocenters. The first-order valence-electron chi connectivity index (χ1n) is 5.83. The molecule has 0 aromatic heterocycles. The summed E-state index contributed by atoms with van der Waals surface area (Å²) in [5.41, 5.74) is 7.00. The van der Waals surface area contributed by atoms with Crippen molar-refractivity contribution in [2.45, 2.75) is 25.3 Å². The standard InChI is InChI=1S/C13H18N2O/c14-12-8-9-15(10-12)13(16)7-6-11-4-2-1-3-5-11/h1-5,12H,6-10,14H2. The normalized spacial score (nSPS) is 20.1. The maximum absolute atomic E-state index is 11.8. The molecule has 1 heterocycles. The van der Waals surface area contributed by atoms with E-state index in [4.69, 9.17) is 5.73 Å². The van der Waals surface area contributed by atoms with E-state index < -0.39 is 0 Å². The highest BCUT2D eigenvalue weighted by Crippen LogP contribution is 2.10. The highest BCUT2D eigenvalue weighted by molar-refractivity contribution is 5.76. The molecular weight excluding hydrogens is 200 g/mol. The summed E-state index contributed by atoms with van der Waals surface area (Å²) in [5.74, 6) is 0.233. The van der Waals surface area contributed by atoms with Crippen LogP contribution in [-0.4, -0.2) is 29.9 Å². The van der Waals surface area contributed by atoms with E-state index in [0.717, 1.165) is 25.9 Å². The fourth-order valence-corrected chi connectivity index (χ4v) is 2.07. The lowest BCUT2D eigenvalue weighted by molar-refractivity contribution is -0.130. The number of nitrogens with zero attached hydrogens (tertiary/aromatic N) is 1. The van der Waals surface area contributed by atoms with Crippen molar-refractivity contribution in [3.8, 4) is 0 Å². The molecule has 2 N–H and O–H groups in total. The van der Waals surface area contributed by atoms with Gasteiger partial charge < -0.3 is 10.6 Å². The third kappa shape index (κ3) is 2.83. The van der Waals surface area contributed by atoms with E-state index in [-0.39, 0.29) is 11.9 Å². The molecule has 0 aliphatic carbocycles. The van der Waals surface area contributed by atoms with Crippen LogP contribution < -0.4 is 5.73 Å². The van der Waals surface area contributed by atoms with Gasteiger partial charge in [-0.3, -0.25) is 4.79 Å². The smallest absolute Gasteiger partial charge is 0.222 e. The number of rotatable bonds is 3. The zero-order chi connectivity index (χ0) is 11.4. The van der Waals surface area contributed by atoms with E-state index in [2.05, 4.69) is 12.1 Å². The van der Waals surface area contributed by atoms with E-state index in [1.807, 2.05) is 23.1 Å². The molecule has 1 fully saturated rings. The lowest BCUT2D eigenvalue weighted by Crippen LogP contribution is -2.31. The SMILES string of the molecule is NC1CCN(C(=O)CCc2ccccc2)C1. The molecule has 1 amide bonds. The molecule has 86 valence electrons. The summed E-state index contributed by atoms with van der Waals surface area (Å²) in [5, 5.41) is 0. The molecule has 1 saturated heterocycles. The minimum Gasteiger partial charge on any atom is -0.341 e. The Morgan fingerprint density at radius 2 is 2.12 bits per heavy atom. The zero-order valence-corrected chi connectivity index (χ0v) is 9.43. The molecule has 1 aliphatic rings. The van der Waals surface area contributed by atoms with Crippen LogP contribution in [0.5, 0.6) is 0 Å². The number of carbonyl (C=O) groups excluding carboxylic acids is 1. The molecule has 0 spiro atoms. The van der Waals surface area contributed by atoms with E-state index in [1.165, 1.54) is 5.56 Å². The van der Waals surface area contributed by atoms with Crippen molar-refractivity contribution in [3.63, 3.8) is 0 Å². The highest BCUT2D eigenvalue weighted by atomic mass is 16.2. The summed E-state index contributed by atoms with van der Waals surface area (Å²) in [4.78, 5) is 13.7. The molecule has 1 aliphatic heterocycles.